The highest BCUT2D eigenvalue weighted by Gasteiger charge is 2.13. The van der Waals surface area contributed by atoms with Crippen LogP contribution in [-0.4, -0.2) is 16.8 Å². The van der Waals surface area contributed by atoms with Gasteiger partial charge in [0, 0.05) is 23.8 Å². The molecule has 3 nitrogen and oxygen atoms in total. The molecule has 0 saturated carbocycles. The van der Waals surface area contributed by atoms with Crippen molar-refractivity contribution in [3.05, 3.63) is 17.5 Å². The summed E-state index contributed by atoms with van der Waals surface area (Å²) in [5.41, 5.74) is 2.72. The minimum absolute atomic E-state index is 0.448. The quantitative estimate of drug-likeness (QED) is 0.807. The highest BCUT2D eigenvalue weighted by atomic mass is 15.3. The molecule has 0 aliphatic carbocycles. The van der Waals surface area contributed by atoms with E-state index in [0.717, 1.165) is 13.0 Å². The van der Waals surface area contributed by atoms with E-state index in [1.165, 1.54) is 11.3 Å². The molecule has 0 aromatic carbocycles. The molecule has 1 heterocycles. The monoisotopic (exact) mass is 209 g/mol. The number of nitrogens with one attached hydrogen (secondary N) is 1. The zero-order valence-corrected chi connectivity index (χ0v) is 10.5. The Bertz CT molecular complexity index is 300. The van der Waals surface area contributed by atoms with Crippen molar-refractivity contribution < 1.29 is 0 Å². The molecule has 0 unspecified atom stereocenters. The first-order chi connectivity index (χ1) is 7.06. The van der Waals surface area contributed by atoms with Gasteiger partial charge in [-0.2, -0.15) is 5.10 Å². The van der Waals surface area contributed by atoms with E-state index in [2.05, 4.69) is 42.8 Å². The minimum Gasteiger partial charge on any atom is -0.316 e. The van der Waals surface area contributed by atoms with E-state index in [1.807, 2.05) is 13.2 Å². The smallest absolute Gasteiger partial charge is 0.0537 e. The molecular formula is C12H23N3. The first-order valence-electron chi connectivity index (χ1n) is 5.76. The van der Waals surface area contributed by atoms with Crippen LogP contribution in [0.3, 0.4) is 0 Å². The fourth-order valence-electron chi connectivity index (χ4n) is 1.82. The van der Waals surface area contributed by atoms with E-state index in [-0.39, 0.29) is 0 Å². The lowest BCUT2D eigenvalue weighted by molar-refractivity contribution is 0.486. The van der Waals surface area contributed by atoms with Gasteiger partial charge in [0.2, 0.25) is 0 Å². The predicted octanol–water partition coefficient (Wildman–Crippen LogP) is 2.38. The van der Waals surface area contributed by atoms with Gasteiger partial charge in [-0.25, -0.2) is 0 Å². The highest BCUT2D eigenvalue weighted by molar-refractivity contribution is 5.18. The van der Waals surface area contributed by atoms with Crippen molar-refractivity contribution in [3.63, 3.8) is 0 Å². The molecule has 0 aliphatic heterocycles. The van der Waals surface area contributed by atoms with E-state index < -0.39 is 0 Å². The number of hydrogen-bond donors (Lipinski definition) is 1. The van der Waals surface area contributed by atoms with Crippen LogP contribution in [0, 0.1) is 5.92 Å². The summed E-state index contributed by atoms with van der Waals surface area (Å²) >= 11 is 0. The standard InChI is InChI=1S/C12H23N3/c1-9(2)6-12-11(7-13-5)8-14-15(12)10(3)4/h8-10,13H,6-7H2,1-5H3. The summed E-state index contributed by atoms with van der Waals surface area (Å²) in [5, 5.41) is 7.66. The van der Waals surface area contributed by atoms with Crippen LogP contribution in [0.1, 0.15) is 45.0 Å². The number of aromatic nitrogens is 2. The van der Waals surface area contributed by atoms with Gasteiger partial charge < -0.3 is 5.32 Å². The largest absolute Gasteiger partial charge is 0.316 e. The van der Waals surface area contributed by atoms with E-state index in [0.29, 0.717) is 12.0 Å². The van der Waals surface area contributed by atoms with Crippen LogP contribution in [0.15, 0.2) is 6.20 Å². The van der Waals surface area contributed by atoms with E-state index >= 15 is 0 Å². The maximum absolute atomic E-state index is 4.46. The minimum atomic E-state index is 0.448. The van der Waals surface area contributed by atoms with Crippen LogP contribution < -0.4 is 5.32 Å². The predicted molar refractivity (Wildman–Crippen MR) is 63.9 cm³/mol. The van der Waals surface area contributed by atoms with Crippen LogP contribution in [-0.2, 0) is 13.0 Å². The number of nitrogens with zero attached hydrogens (tertiary/aromatic N) is 2. The van der Waals surface area contributed by atoms with Crippen LogP contribution >= 0.6 is 0 Å². The Labute approximate surface area is 92.9 Å². The lowest BCUT2D eigenvalue weighted by Crippen LogP contribution is -2.13. The maximum Gasteiger partial charge on any atom is 0.0537 e. The van der Waals surface area contributed by atoms with Crippen LogP contribution in [0.5, 0.6) is 0 Å². The molecule has 1 aromatic heterocycles. The van der Waals surface area contributed by atoms with E-state index in [1.54, 1.807) is 0 Å². The van der Waals surface area contributed by atoms with Gasteiger partial charge in [-0.15, -0.1) is 0 Å². The molecule has 0 amide bonds. The van der Waals surface area contributed by atoms with Crippen molar-refractivity contribution in [1.82, 2.24) is 15.1 Å². The molecule has 86 valence electrons. The van der Waals surface area contributed by atoms with Gasteiger partial charge in [0.1, 0.15) is 0 Å². The average Bonchev–Trinajstić information content (AvgIpc) is 2.48. The summed E-state index contributed by atoms with van der Waals surface area (Å²) in [6, 6.07) is 0.448. The topological polar surface area (TPSA) is 29.9 Å². The maximum atomic E-state index is 4.46. The van der Waals surface area contributed by atoms with Gasteiger partial charge in [0.25, 0.3) is 0 Å². The summed E-state index contributed by atoms with van der Waals surface area (Å²) in [6.07, 6.45) is 3.10. The SMILES string of the molecule is CNCc1cnn(C(C)C)c1CC(C)C. The van der Waals surface area contributed by atoms with Gasteiger partial charge in [-0.05, 0) is 33.2 Å². The Hall–Kier alpha value is -0.830. The molecule has 1 aromatic rings. The number of rotatable bonds is 5. The lowest BCUT2D eigenvalue weighted by atomic mass is 10.0. The Balaban J connectivity index is 2.97. The Morgan fingerprint density at radius 1 is 1.33 bits per heavy atom. The molecule has 0 bridgehead atoms. The van der Waals surface area contributed by atoms with Crippen molar-refractivity contribution in [2.45, 2.75) is 46.7 Å². The molecular weight excluding hydrogens is 186 g/mol. The highest BCUT2D eigenvalue weighted by Crippen LogP contribution is 2.17. The summed E-state index contributed by atoms with van der Waals surface area (Å²) in [4.78, 5) is 0. The van der Waals surface area contributed by atoms with E-state index in [4.69, 9.17) is 0 Å². The molecule has 0 saturated heterocycles. The first-order valence-corrected chi connectivity index (χ1v) is 5.76. The second-order valence-corrected chi connectivity index (χ2v) is 4.78. The summed E-state index contributed by atoms with van der Waals surface area (Å²) in [7, 11) is 1.98. The zero-order valence-electron chi connectivity index (χ0n) is 10.5. The van der Waals surface area contributed by atoms with Gasteiger partial charge in [0.15, 0.2) is 0 Å². The van der Waals surface area contributed by atoms with E-state index in [9.17, 15) is 0 Å². The summed E-state index contributed by atoms with van der Waals surface area (Å²) in [6.45, 7) is 9.77. The molecule has 3 heteroatoms. The second-order valence-electron chi connectivity index (χ2n) is 4.78. The van der Waals surface area contributed by atoms with Gasteiger partial charge in [-0.1, -0.05) is 13.8 Å². The third-order valence-corrected chi connectivity index (χ3v) is 2.44. The lowest BCUT2D eigenvalue weighted by Gasteiger charge is -2.14. The molecule has 0 spiro atoms. The van der Waals surface area contributed by atoms with Gasteiger partial charge in [0.05, 0.1) is 6.20 Å². The van der Waals surface area contributed by atoms with Crippen molar-refractivity contribution >= 4 is 0 Å². The molecule has 0 radical (unpaired) electrons. The fourth-order valence-corrected chi connectivity index (χ4v) is 1.82. The average molecular weight is 209 g/mol. The van der Waals surface area contributed by atoms with Gasteiger partial charge in [-0.3, -0.25) is 4.68 Å². The molecule has 1 N–H and O–H groups in total. The Kier molecular flexibility index (Phi) is 4.33. The van der Waals surface area contributed by atoms with Crippen LogP contribution in [0.2, 0.25) is 0 Å². The second kappa shape index (κ2) is 5.31. The summed E-state index contributed by atoms with van der Waals surface area (Å²) < 4.78 is 2.15. The zero-order chi connectivity index (χ0) is 11.4. The van der Waals surface area contributed by atoms with Crippen molar-refractivity contribution in [1.29, 1.82) is 0 Å². The van der Waals surface area contributed by atoms with Crippen molar-refractivity contribution in [2.24, 2.45) is 5.92 Å². The van der Waals surface area contributed by atoms with Crippen LogP contribution in [0.25, 0.3) is 0 Å². The van der Waals surface area contributed by atoms with Crippen LogP contribution in [0.4, 0.5) is 0 Å². The van der Waals surface area contributed by atoms with Gasteiger partial charge >= 0.3 is 0 Å². The third kappa shape index (κ3) is 3.06. The normalized spacial score (nSPS) is 11.7. The number of hydrogen-bond acceptors (Lipinski definition) is 2. The molecule has 0 fully saturated rings. The first kappa shape index (κ1) is 12.2. The van der Waals surface area contributed by atoms with Crippen molar-refractivity contribution in [3.8, 4) is 0 Å². The molecule has 15 heavy (non-hydrogen) atoms. The summed E-state index contributed by atoms with van der Waals surface area (Å²) in [5.74, 6) is 0.676. The Morgan fingerprint density at radius 2 is 2.00 bits per heavy atom. The molecule has 1 rings (SSSR count). The Morgan fingerprint density at radius 3 is 2.47 bits per heavy atom. The molecule has 0 aliphatic rings. The van der Waals surface area contributed by atoms with Crippen molar-refractivity contribution in [2.75, 3.05) is 7.05 Å². The fraction of sp³-hybridized carbons (Fsp3) is 0.750. The molecule has 0 atom stereocenters. The third-order valence-electron chi connectivity index (χ3n) is 2.44.